The van der Waals surface area contributed by atoms with Gasteiger partial charge in [-0.1, -0.05) is 13.3 Å². The van der Waals surface area contributed by atoms with Crippen molar-refractivity contribution in [3.05, 3.63) is 0 Å². The van der Waals surface area contributed by atoms with Crippen LogP contribution in [0.1, 0.15) is 33.1 Å². The first-order valence-electron chi connectivity index (χ1n) is 4.74. The van der Waals surface area contributed by atoms with Gasteiger partial charge in [0.1, 0.15) is 0 Å². The van der Waals surface area contributed by atoms with Crippen LogP contribution in [0.3, 0.4) is 0 Å². The molecular formula is C8H18N2O2S. The van der Waals surface area contributed by atoms with Crippen molar-refractivity contribution in [3.8, 4) is 0 Å². The summed E-state index contributed by atoms with van der Waals surface area (Å²) in [5.74, 6) is 0.481. The van der Waals surface area contributed by atoms with Gasteiger partial charge >= 0.3 is 0 Å². The van der Waals surface area contributed by atoms with E-state index in [0.29, 0.717) is 12.5 Å². The molecule has 2 atom stereocenters. The number of rotatable bonds is 2. The van der Waals surface area contributed by atoms with E-state index < -0.39 is 10.2 Å². The molecule has 1 aliphatic rings. The molecule has 0 radical (unpaired) electrons. The zero-order chi connectivity index (χ0) is 10.1. The maximum atomic E-state index is 11.2. The third-order valence-electron chi connectivity index (χ3n) is 2.83. The Hall–Kier alpha value is -0.130. The second kappa shape index (κ2) is 3.94. The first-order chi connectivity index (χ1) is 5.95. The lowest BCUT2D eigenvalue weighted by atomic mass is 9.93. The molecule has 0 saturated carbocycles. The minimum Gasteiger partial charge on any atom is -0.216 e. The highest BCUT2D eigenvalue weighted by atomic mass is 32.2. The van der Waals surface area contributed by atoms with Crippen LogP contribution in [0.2, 0.25) is 0 Å². The van der Waals surface area contributed by atoms with Crippen molar-refractivity contribution >= 4 is 10.2 Å². The van der Waals surface area contributed by atoms with E-state index >= 15 is 0 Å². The molecule has 0 spiro atoms. The fourth-order valence-corrected chi connectivity index (χ4v) is 2.86. The second-order valence-electron chi connectivity index (χ2n) is 3.82. The number of nitrogens with two attached hydrogens (primary N) is 1. The van der Waals surface area contributed by atoms with Gasteiger partial charge in [0.2, 0.25) is 0 Å². The zero-order valence-electron chi connectivity index (χ0n) is 8.23. The summed E-state index contributed by atoms with van der Waals surface area (Å²) in [6.07, 6.45) is 3.07. The van der Waals surface area contributed by atoms with E-state index in [-0.39, 0.29) is 6.04 Å². The van der Waals surface area contributed by atoms with Crippen LogP contribution in [-0.4, -0.2) is 25.3 Å². The molecule has 0 amide bonds. The molecule has 2 unspecified atom stereocenters. The summed E-state index contributed by atoms with van der Waals surface area (Å²) in [4.78, 5) is 0. The van der Waals surface area contributed by atoms with Crippen LogP contribution in [-0.2, 0) is 10.2 Å². The number of hydrogen-bond donors (Lipinski definition) is 1. The standard InChI is InChI=1S/C8H18N2O2S/c1-3-8-5-4-7(2)10(6-8)13(9,11)12/h7-8H,3-6H2,1-2H3,(H2,9,11,12). The van der Waals surface area contributed by atoms with E-state index in [9.17, 15) is 8.42 Å². The number of nitrogens with zero attached hydrogens (tertiary/aromatic N) is 1. The summed E-state index contributed by atoms with van der Waals surface area (Å²) >= 11 is 0. The SMILES string of the molecule is CCC1CCC(C)N(S(N)(=O)=O)C1. The van der Waals surface area contributed by atoms with Crippen LogP contribution in [0.25, 0.3) is 0 Å². The molecule has 1 fully saturated rings. The van der Waals surface area contributed by atoms with Crippen molar-refractivity contribution in [3.63, 3.8) is 0 Å². The monoisotopic (exact) mass is 206 g/mol. The van der Waals surface area contributed by atoms with Gasteiger partial charge in [-0.25, -0.2) is 5.14 Å². The normalized spacial score (nSPS) is 31.9. The van der Waals surface area contributed by atoms with Gasteiger partial charge < -0.3 is 0 Å². The molecule has 0 aromatic heterocycles. The Morgan fingerprint density at radius 1 is 1.46 bits per heavy atom. The lowest BCUT2D eigenvalue weighted by Gasteiger charge is -2.35. The average molecular weight is 206 g/mol. The molecule has 0 aliphatic carbocycles. The summed E-state index contributed by atoms with van der Waals surface area (Å²) in [5.41, 5.74) is 0. The predicted octanol–water partition coefficient (Wildman–Crippen LogP) is 0.700. The largest absolute Gasteiger partial charge is 0.277 e. The molecule has 0 aromatic carbocycles. The van der Waals surface area contributed by atoms with Crippen molar-refractivity contribution in [2.24, 2.45) is 11.1 Å². The highest BCUT2D eigenvalue weighted by Gasteiger charge is 2.30. The first kappa shape index (κ1) is 10.9. The first-order valence-corrected chi connectivity index (χ1v) is 6.25. The molecule has 1 heterocycles. The highest BCUT2D eigenvalue weighted by Crippen LogP contribution is 2.24. The Kier molecular flexibility index (Phi) is 3.32. The van der Waals surface area contributed by atoms with E-state index in [2.05, 4.69) is 6.92 Å². The lowest BCUT2D eigenvalue weighted by molar-refractivity contribution is 0.204. The van der Waals surface area contributed by atoms with E-state index in [1.54, 1.807) is 0 Å². The smallest absolute Gasteiger partial charge is 0.216 e. The molecule has 2 N–H and O–H groups in total. The number of piperidine rings is 1. The van der Waals surface area contributed by atoms with Gasteiger partial charge in [-0.3, -0.25) is 0 Å². The molecule has 78 valence electrons. The van der Waals surface area contributed by atoms with Crippen molar-refractivity contribution in [2.45, 2.75) is 39.2 Å². The van der Waals surface area contributed by atoms with Crippen molar-refractivity contribution in [2.75, 3.05) is 6.54 Å². The van der Waals surface area contributed by atoms with Gasteiger partial charge in [-0.2, -0.15) is 12.7 Å². The van der Waals surface area contributed by atoms with Crippen molar-refractivity contribution in [1.29, 1.82) is 0 Å². The topological polar surface area (TPSA) is 63.4 Å². The molecule has 13 heavy (non-hydrogen) atoms. The summed E-state index contributed by atoms with van der Waals surface area (Å²) in [7, 11) is -3.48. The molecule has 1 rings (SSSR count). The molecule has 0 aromatic rings. The van der Waals surface area contributed by atoms with E-state index in [1.165, 1.54) is 4.31 Å². The molecule has 5 heteroatoms. The molecule has 0 bridgehead atoms. The van der Waals surface area contributed by atoms with Crippen molar-refractivity contribution < 1.29 is 8.42 Å². The van der Waals surface area contributed by atoms with Crippen LogP contribution >= 0.6 is 0 Å². The summed E-state index contributed by atoms with van der Waals surface area (Å²) in [6.45, 7) is 4.59. The van der Waals surface area contributed by atoms with Crippen LogP contribution in [0.5, 0.6) is 0 Å². The summed E-state index contributed by atoms with van der Waals surface area (Å²) in [6, 6.07) is 0.0674. The fourth-order valence-electron chi connectivity index (χ4n) is 1.83. The van der Waals surface area contributed by atoms with Gasteiger partial charge in [-0.05, 0) is 25.7 Å². The van der Waals surface area contributed by atoms with Gasteiger partial charge in [-0.15, -0.1) is 0 Å². The molecular weight excluding hydrogens is 188 g/mol. The minimum absolute atomic E-state index is 0.0674. The highest BCUT2D eigenvalue weighted by molar-refractivity contribution is 7.86. The number of hydrogen-bond acceptors (Lipinski definition) is 2. The predicted molar refractivity (Wildman–Crippen MR) is 52.3 cm³/mol. The quantitative estimate of drug-likeness (QED) is 0.723. The van der Waals surface area contributed by atoms with Gasteiger partial charge in [0.15, 0.2) is 0 Å². The maximum absolute atomic E-state index is 11.2. The summed E-state index contributed by atoms with van der Waals surface area (Å²) < 4.78 is 23.7. The van der Waals surface area contributed by atoms with Crippen molar-refractivity contribution in [1.82, 2.24) is 4.31 Å². The van der Waals surface area contributed by atoms with Gasteiger partial charge in [0.25, 0.3) is 10.2 Å². The third-order valence-corrected chi connectivity index (χ3v) is 3.99. The van der Waals surface area contributed by atoms with E-state index in [4.69, 9.17) is 5.14 Å². The Balaban J connectivity index is 2.71. The minimum atomic E-state index is -3.48. The van der Waals surface area contributed by atoms with Crippen LogP contribution in [0.4, 0.5) is 0 Å². The molecule has 1 aliphatic heterocycles. The van der Waals surface area contributed by atoms with E-state index in [0.717, 1.165) is 19.3 Å². The van der Waals surface area contributed by atoms with Gasteiger partial charge in [0, 0.05) is 12.6 Å². The lowest BCUT2D eigenvalue weighted by Crippen LogP contribution is -2.48. The van der Waals surface area contributed by atoms with E-state index in [1.807, 2.05) is 6.92 Å². The summed E-state index contributed by atoms with van der Waals surface area (Å²) in [5, 5.41) is 5.12. The van der Waals surface area contributed by atoms with Crippen LogP contribution < -0.4 is 5.14 Å². The van der Waals surface area contributed by atoms with Crippen LogP contribution in [0.15, 0.2) is 0 Å². The molecule has 4 nitrogen and oxygen atoms in total. The maximum Gasteiger partial charge on any atom is 0.277 e. The fraction of sp³-hybridized carbons (Fsp3) is 1.00. The van der Waals surface area contributed by atoms with Crippen LogP contribution in [0, 0.1) is 5.92 Å². The molecule has 1 saturated heterocycles. The van der Waals surface area contributed by atoms with Gasteiger partial charge in [0.05, 0.1) is 0 Å². The Bertz CT molecular complexity index is 263. The Morgan fingerprint density at radius 3 is 2.54 bits per heavy atom. The Morgan fingerprint density at radius 2 is 2.08 bits per heavy atom. The Labute approximate surface area is 80.3 Å². The zero-order valence-corrected chi connectivity index (χ0v) is 9.05. The third kappa shape index (κ3) is 2.65. The second-order valence-corrected chi connectivity index (χ2v) is 5.31. The average Bonchev–Trinajstić information content (AvgIpc) is 2.03.